The van der Waals surface area contributed by atoms with Crippen LogP contribution in [0.3, 0.4) is 0 Å². The van der Waals surface area contributed by atoms with Crippen LogP contribution in [0.2, 0.25) is 0 Å². The van der Waals surface area contributed by atoms with Gasteiger partial charge in [-0.1, -0.05) is 19.1 Å². The second-order valence-electron chi connectivity index (χ2n) is 6.04. The lowest BCUT2D eigenvalue weighted by Gasteiger charge is -2.34. The Balaban J connectivity index is 0.00000288. The quantitative estimate of drug-likeness (QED) is 0.765. The van der Waals surface area contributed by atoms with E-state index in [1.807, 2.05) is 29.2 Å². The number of benzene rings is 1. The Kier molecular flexibility index (Phi) is 8.79. The number of unbranched alkanes of at least 4 members (excludes halogenated alkanes) is 1. The monoisotopic (exact) mass is 354 g/mol. The first-order valence-corrected chi connectivity index (χ1v) is 8.42. The summed E-state index contributed by atoms with van der Waals surface area (Å²) in [6, 6.07) is 7.87. The standard InChI is InChI=1S/C18H26N2O3.ClH/c1-2-15-6-8-16(9-7-15)18(23)20-13-11-19(12-14-20)10-4-3-5-17(21)22;/h6-9H,2-5,10-14H2,1H3,(H,21,22);1H. The van der Waals surface area contributed by atoms with E-state index in [0.717, 1.165) is 57.5 Å². The molecule has 2 rings (SSSR count). The predicted molar refractivity (Wildman–Crippen MR) is 96.9 cm³/mol. The Hall–Kier alpha value is -1.59. The Bertz CT molecular complexity index is 526. The highest BCUT2D eigenvalue weighted by Gasteiger charge is 2.21. The number of carboxylic acid groups (broad SMARTS) is 1. The van der Waals surface area contributed by atoms with Crippen LogP contribution in [0.5, 0.6) is 0 Å². The molecule has 0 radical (unpaired) electrons. The van der Waals surface area contributed by atoms with Crippen molar-refractivity contribution >= 4 is 24.3 Å². The summed E-state index contributed by atoms with van der Waals surface area (Å²) in [5.41, 5.74) is 2.00. The van der Waals surface area contributed by atoms with Crippen molar-refractivity contribution in [1.82, 2.24) is 9.80 Å². The number of hydrogen-bond donors (Lipinski definition) is 1. The Morgan fingerprint density at radius 1 is 1.04 bits per heavy atom. The third-order valence-electron chi connectivity index (χ3n) is 4.38. The summed E-state index contributed by atoms with van der Waals surface area (Å²) in [5.74, 6) is -0.618. The number of carbonyl (C=O) groups excluding carboxylic acids is 1. The summed E-state index contributed by atoms with van der Waals surface area (Å²) in [6.45, 7) is 6.24. The van der Waals surface area contributed by atoms with Crippen molar-refractivity contribution in [3.8, 4) is 0 Å². The fraction of sp³-hybridized carbons (Fsp3) is 0.556. The van der Waals surface area contributed by atoms with Crippen LogP contribution in [0.4, 0.5) is 0 Å². The fourth-order valence-corrected chi connectivity index (χ4v) is 2.85. The molecule has 1 amide bonds. The minimum absolute atomic E-state index is 0. The smallest absolute Gasteiger partial charge is 0.303 e. The zero-order chi connectivity index (χ0) is 16.7. The third kappa shape index (κ3) is 6.13. The Morgan fingerprint density at radius 2 is 1.67 bits per heavy atom. The van der Waals surface area contributed by atoms with E-state index in [0.29, 0.717) is 0 Å². The number of piperazine rings is 1. The van der Waals surface area contributed by atoms with Crippen LogP contribution >= 0.6 is 12.4 Å². The summed E-state index contributed by atoms with van der Waals surface area (Å²) in [6.07, 6.45) is 2.85. The molecule has 0 saturated carbocycles. The van der Waals surface area contributed by atoms with Crippen LogP contribution in [-0.4, -0.2) is 59.5 Å². The number of carboxylic acids is 1. The van der Waals surface area contributed by atoms with Gasteiger partial charge < -0.3 is 10.0 Å². The van der Waals surface area contributed by atoms with Crippen molar-refractivity contribution in [3.05, 3.63) is 35.4 Å². The molecule has 5 nitrogen and oxygen atoms in total. The van der Waals surface area contributed by atoms with Crippen LogP contribution in [0, 0.1) is 0 Å². The summed E-state index contributed by atoms with van der Waals surface area (Å²) in [5, 5.41) is 8.63. The molecule has 1 aliphatic rings. The van der Waals surface area contributed by atoms with Crippen LogP contribution in [-0.2, 0) is 11.2 Å². The summed E-state index contributed by atoms with van der Waals surface area (Å²) >= 11 is 0. The lowest BCUT2D eigenvalue weighted by molar-refractivity contribution is -0.137. The van der Waals surface area contributed by atoms with E-state index in [2.05, 4.69) is 11.8 Å². The maximum Gasteiger partial charge on any atom is 0.303 e. The number of rotatable bonds is 7. The lowest BCUT2D eigenvalue weighted by Crippen LogP contribution is -2.48. The van der Waals surface area contributed by atoms with Gasteiger partial charge in [-0.3, -0.25) is 14.5 Å². The summed E-state index contributed by atoms with van der Waals surface area (Å²) in [7, 11) is 0. The van der Waals surface area contributed by atoms with Crippen molar-refractivity contribution in [2.75, 3.05) is 32.7 Å². The predicted octanol–water partition coefficient (Wildman–Crippen LogP) is 2.68. The molecule has 0 bridgehead atoms. The lowest BCUT2D eigenvalue weighted by atomic mass is 10.1. The van der Waals surface area contributed by atoms with Crippen LogP contribution in [0.25, 0.3) is 0 Å². The molecule has 1 saturated heterocycles. The van der Waals surface area contributed by atoms with Crippen molar-refractivity contribution < 1.29 is 14.7 Å². The number of carbonyl (C=O) groups is 2. The molecule has 0 aromatic heterocycles. The normalized spacial score (nSPS) is 15.0. The van der Waals surface area contributed by atoms with Crippen LogP contribution in [0.1, 0.15) is 42.1 Å². The number of amides is 1. The van der Waals surface area contributed by atoms with Crippen molar-refractivity contribution in [2.45, 2.75) is 32.6 Å². The largest absolute Gasteiger partial charge is 0.481 e. The van der Waals surface area contributed by atoms with Gasteiger partial charge in [-0.25, -0.2) is 0 Å². The molecule has 1 aromatic rings. The fourth-order valence-electron chi connectivity index (χ4n) is 2.85. The highest BCUT2D eigenvalue weighted by atomic mass is 35.5. The number of aliphatic carboxylic acids is 1. The van der Waals surface area contributed by atoms with E-state index in [1.165, 1.54) is 5.56 Å². The van der Waals surface area contributed by atoms with Gasteiger partial charge in [-0.15, -0.1) is 12.4 Å². The van der Waals surface area contributed by atoms with Gasteiger partial charge in [0.25, 0.3) is 5.91 Å². The highest BCUT2D eigenvalue weighted by Crippen LogP contribution is 2.11. The highest BCUT2D eigenvalue weighted by molar-refractivity contribution is 5.94. The molecule has 0 aliphatic carbocycles. The Morgan fingerprint density at radius 3 is 2.21 bits per heavy atom. The molecular formula is C18H27ClN2O3. The molecule has 134 valence electrons. The van der Waals surface area contributed by atoms with Gasteiger partial charge in [0.05, 0.1) is 0 Å². The zero-order valence-corrected chi connectivity index (χ0v) is 15.1. The minimum Gasteiger partial charge on any atom is -0.481 e. The zero-order valence-electron chi connectivity index (χ0n) is 14.2. The van der Waals surface area contributed by atoms with E-state index in [1.54, 1.807) is 0 Å². The van der Waals surface area contributed by atoms with E-state index in [-0.39, 0.29) is 24.7 Å². The van der Waals surface area contributed by atoms with E-state index < -0.39 is 5.97 Å². The molecule has 1 fully saturated rings. The van der Waals surface area contributed by atoms with Gasteiger partial charge in [0.2, 0.25) is 0 Å². The van der Waals surface area contributed by atoms with Gasteiger partial charge in [-0.2, -0.15) is 0 Å². The Labute approximate surface area is 150 Å². The van der Waals surface area contributed by atoms with Crippen molar-refractivity contribution in [2.24, 2.45) is 0 Å². The van der Waals surface area contributed by atoms with E-state index in [9.17, 15) is 9.59 Å². The molecule has 1 N–H and O–H groups in total. The SMILES string of the molecule is CCc1ccc(C(=O)N2CCN(CCCCC(=O)O)CC2)cc1.Cl. The van der Waals surface area contributed by atoms with Gasteiger partial charge >= 0.3 is 5.97 Å². The van der Waals surface area contributed by atoms with Crippen molar-refractivity contribution in [1.29, 1.82) is 0 Å². The first-order valence-electron chi connectivity index (χ1n) is 8.42. The molecule has 0 atom stereocenters. The van der Waals surface area contributed by atoms with Gasteiger partial charge in [0.1, 0.15) is 0 Å². The first-order chi connectivity index (χ1) is 11.1. The minimum atomic E-state index is -0.727. The van der Waals surface area contributed by atoms with Gasteiger partial charge in [-0.05, 0) is 43.5 Å². The number of nitrogens with zero attached hydrogens (tertiary/aromatic N) is 2. The van der Waals surface area contributed by atoms with Crippen LogP contribution < -0.4 is 0 Å². The average Bonchev–Trinajstić information content (AvgIpc) is 2.58. The third-order valence-corrected chi connectivity index (χ3v) is 4.38. The second kappa shape index (κ2) is 10.3. The molecule has 1 aromatic carbocycles. The summed E-state index contributed by atoms with van der Waals surface area (Å²) < 4.78 is 0. The molecule has 24 heavy (non-hydrogen) atoms. The molecule has 6 heteroatoms. The van der Waals surface area contributed by atoms with Crippen LogP contribution in [0.15, 0.2) is 24.3 Å². The molecule has 1 aliphatic heterocycles. The number of hydrogen-bond acceptors (Lipinski definition) is 3. The van der Waals surface area contributed by atoms with Gasteiger partial charge in [0, 0.05) is 38.2 Å². The number of aryl methyl sites for hydroxylation is 1. The van der Waals surface area contributed by atoms with Gasteiger partial charge in [0.15, 0.2) is 0 Å². The molecule has 0 spiro atoms. The first kappa shape index (κ1) is 20.5. The summed E-state index contributed by atoms with van der Waals surface area (Å²) in [4.78, 5) is 27.2. The maximum atomic E-state index is 12.5. The molecule has 1 heterocycles. The molecule has 0 unspecified atom stereocenters. The second-order valence-corrected chi connectivity index (χ2v) is 6.04. The van der Waals surface area contributed by atoms with E-state index in [4.69, 9.17) is 5.11 Å². The van der Waals surface area contributed by atoms with Crippen molar-refractivity contribution in [3.63, 3.8) is 0 Å². The number of halogens is 1. The molecular weight excluding hydrogens is 328 g/mol. The average molecular weight is 355 g/mol. The topological polar surface area (TPSA) is 60.9 Å². The van der Waals surface area contributed by atoms with E-state index >= 15 is 0 Å². The maximum absolute atomic E-state index is 12.5.